The third-order valence-electron chi connectivity index (χ3n) is 1.97. The highest BCUT2D eigenvalue weighted by Gasteiger charge is 2.26. The molecular formula is C9H8BrNO3. The van der Waals surface area contributed by atoms with Crippen LogP contribution < -0.4 is 10.5 Å². The van der Waals surface area contributed by atoms with Gasteiger partial charge in [0.25, 0.3) is 0 Å². The fraction of sp³-hybridized carbons (Fsp3) is 0.222. The van der Waals surface area contributed by atoms with E-state index in [1.807, 2.05) is 18.2 Å². The zero-order valence-electron chi connectivity index (χ0n) is 7.20. The van der Waals surface area contributed by atoms with Crippen molar-refractivity contribution in [3.8, 4) is 5.75 Å². The molecule has 1 aromatic rings. The number of hydrogen-bond acceptors (Lipinski definition) is 3. The smallest absolute Gasteiger partial charge is 0.405 e. The average Bonchev–Trinajstić information content (AvgIpc) is 2.47. The number of primary amides is 1. The Kier molecular flexibility index (Phi) is 2.33. The minimum absolute atomic E-state index is 0.328. The Morgan fingerprint density at radius 3 is 3.14 bits per heavy atom. The maximum Gasteiger partial charge on any atom is 0.405 e. The van der Waals surface area contributed by atoms with Crippen LogP contribution in [0.15, 0.2) is 22.7 Å². The van der Waals surface area contributed by atoms with Crippen molar-refractivity contribution in [3.63, 3.8) is 0 Å². The lowest BCUT2D eigenvalue weighted by Gasteiger charge is -2.07. The summed E-state index contributed by atoms with van der Waals surface area (Å²) in [6.07, 6.45) is -1.16. The quantitative estimate of drug-likeness (QED) is 0.837. The highest BCUT2D eigenvalue weighted by molar-refractivity contribution is 9.10. The third-order valence-corrected chi connectivity index (χ3v) is 2.46. The zero-order valence-corrected chi connectivity index (χ0v) is 8.78. The van der Waals surface area contributed by atoms with Crippen molar-refractivity contribution in [3.05, 3.63) is 28.2 Å². The van der Waals surface area contributed by atoms with Gasteiger partial charge in [-0.2, -0.15) is 0 Å². The first-order chi connectivity index (χ1) is 6.66. The van der Waals surface area contributed by atoms with Gasteiger partial charge in [0.15, 0.2) is 6.10 Å². The summed E-state index contributed by atoms with van der Waals surface area (Å²) in [6, 6.07) is 5.55. The number of halogens is 1. The molecule has 1 amide bonds. The van der Waals surface area contributed by atoms with E-state index in [2.05, 4.69) is 15.9 Å². The first-order valence-corrected chi connectivity index (χ1v) is 4.84. The topological polar surface area (TPSA) is 61.6 Å². The van der Waals surface area contributed by atoms with Crippen LogP contribution in [0.25, 0.3) is 0 Å². The molecule has 2 rings (SSSR count). The molecule has 1 aliphatic rings. The second-order valence-corrected chi connectivity index (χ2v) is 3.83. The summed E-state index contributed by atoms with van der Waals surface area (Å²) >= 11 is 3.32. The second-order valence-electron chi connectivity index (χ2n) is 2.92. The Bertz CT molecular complexity index is 380. The molecule has 1 heterocycles. The molecular weight excluding hydrogens is 250 g/mol. The first-order valence-electron chi connectivity index (χ1n) is 4.05. The first kappa shape index (κ1) is 9.33. The molecule has 0 saturated heterocycles. The van der Waals surface area contributed by atoms with E-state index in [1.165, 1.54) is 0 Å². The lowest BCUT2D eigenvalue weighted by Crippen LogP contribution is -2.18. The van der Waals surface area contributed by atoms with Gasteiger partial charge >= 0.3 is 6.09 Å². The summed E-state index contributed by atoms with van der Waals surface area (Å²) in [6.45, 7) is 0.328. The van der Waals surface area contributed by atoms with Gasteiger partial charge in [-0.25, -0.2) is 4.79 Å². The molecule has 0 bridgehead atoms. The Hall–Kier alpha value is -1.23. The highest BCUT2D eigenvalue weighted by Crippen LogP contribution is 2.36. The Balaban J connectivity index is 2.26. The van der Waals surface area contributed by atoms with Crippen LogP contribution in [0.5, 0.6) is 5.75 Å². The number of benzene rings is 1. The van der Waals surface area contributed by atoms with Crippen LogP contribution in [0.2, 0.25) is 0 Å². The van der Waals surface area contributed by atoms with Gasteiger partial charge in [-0.1, -0.05) is 22.0 Å². The maximum atomic E-state index is 10.6. The fourth-order valence-corrected chi connectivity index (χ4v) is 1.73. The number of carbonyl (C=O) groups is 1. The molecule has 0 unspecified atom stereocenters. The van der Waals surface area contributed by atoms with Gasteiger partial charge in [0.2, 0.25) is 0 Å². The van der Waals surface area contributed by atoms with Gasteiger partial charge in [-0.05, 0) is 12.1 Å². The van der Waals surface area contributed by atoms with Crippen LogP contribution in [-0.2, 0) is 4.74 Å². The molecule has 0 radical (unpaired) electrons. The fourth-order valence-electron chi connectivity index (χ4n) is 1.39. The number of nitrogens with two attached hydrogens (primary N) is 1. The Labute approximate surface area is 89.1 Å². The van der Waals surface area contributed by atoms with Crippen LogP contribution in [0.4, 0.5) is 4.79 Å². The molecule has 74 valence electrons. The van der Waals surface area contributed by atoms with Crippen molar-refractivity contribution in [2.45, 2.75) is 6.10 Å². The van der Waals surface area contributed by atoms with Crippen LogP contribution >= 0.6 is 15.9 Å². The van der Waals surface area contributed by atoms with Crippen LogP contribution in [0.3, 0.4) is 0 Å². The minimum atomic E-state index is -0.783. The molecule has 2 N–H and O–H groups in total. The Morgan fingerprint density at radius 1 is 1.64 bits per heavy atom. The number of fused-ring (bicyclic) bond motifs is 1. The molecule has 1 aliphatic heterocycles. The summed E-state index contributed by atoms with van der Waals surface area (Å²) in [5, 5.41) is 0. The van der Waals surface area contributed by atoms with E-state index in [4.69, 9.17) is 15.2 Å². The molecule has 14 heavy (non-hydrogen) atoms. The van der Waals surface area contributed by atoms with Crippen molar-refractivity contribution in [2.75, 3.05) is 6.61 Å². The molecule has 0 saturated carbocycles. The van der Waals surface area contributed by atoms with Crippen molar-refractivity contribution >= 4 is 22.0 Å². The molecule has 5 heteroatoms. The van der Waals surface area contributed by atoms with Gasteiger partial charge in [0.05, 0.1) is 0 Å². The summed E-state index contributed by atoms with van der Waals surface area (Å²) in [7, 11) is 0. The average molecular weight is 258 g/mol. The third kappa shape index (κ3) is 1.68. The van der Waals surface area contributed by atoms with E-state index >= 15 is 0 Å². The maximum absolute atomic E-state index is 10.6. The molecule has 0 fully saturated rings. The number of ether oxygens (including phenoxy) is 2. The Morgan fingerprint density at radius 2 is 2.43 bits per heavy atom. The lowest BCUT2D eigenvalue weighted by molar-refractivity contribution is 0.0906. The molecule has 4 nitrogen and oxygen atoms in total. The van der Waals surface area contributed by atoms with Crippen LogP contribution in [0.1, 0.15) is 11.7 Å². The van der Waals surface area contributed by atoms with Crippen molar-refractivity contribution < 1.29 is 14.3 Å². The molecule has 1 atom stereocenters. The summed E-state index contributed by atoms with van der Waals surface area (Å²) in [4.78, 5) is 10.6. The molecule has 0 aliphatic carbocycles. The van der Waals surface area contributed by atoms with Crippen molar-refractivity contribution in [1.29, 1.82) is 0 Å². The SMILES string of the molecule is NC(=O)O[C@@H]1COc2cc(Br)ccc21. The monoisotopic (exact) mass is 257 g/mol. The highest BCUT2D eigenvalue weighted by atomic mass is 79.9. The number of rotatable bonds is 1. The van der Waals surface area contributed by atoms with E-state index in [9.17, 15) is 4.79 Å². The van der Waals surface area contributed by atoms with E-state index in [0.29, 0.717) is 6.61 Å². The van der Waals surface area contributed by atoms with E-state index in [0.717, 1.165) is 15.8 Å². The predicted octanol–water partition coefficient (Wildman–Crippen LogP) is 1.98. The van der Waals surface area contributed by atoms with E-state index in [1.54, 1.807) is 0 Å². The van der Waals surface area contributed by atoms with E-state index in [-0.39, 0.29) is 6.10 Å². The summed E-state index contributed by atoms with van der Waals surface area (Å²) in [5.41, 5.74) is 5.79. The molecule has 0 aromatic heterocycles. The lowest BCUT2D eigenvalue weighted by atomic mass is 10.1. The minimum Gasteiger partial charge on any atom is -0.489 e. The van der Waals surface area contributed by atoms with Gasteiger partial charge in [-0.15, -0.1) is 0 Å². The van der Waals surface area contributed by atoms with E-state index < -0.39 is 6.09 Å². The second kappa shape index (κ2) is 3.49. The van der Waals surface area contributed by atoms with Crippen LogP contribution in [0, 0.1) is 0 Å². The number of hydrogen-bond donors (Lipinski definition) is 1. The van der Waals surface area contributed by atoms with Crippen molar-refractivity contribution in [1.82, 2.24) is 0 Å². The number of carbonyl (C=O) groups excluding carboxylic acids is 1. The number of amides is 1. The predicted molar refractivity (Wildman–Crippen MR) is 53.0 cm³/mol. The summed E-state index contributed by atoms with van der Waals surface area (Å²) < 4.78 is 11.1. The normalized spacial score (nSPS) is 18.5. The zero-order chi connectivity index (χ0) is 10.1. The largest absolute Gasteiger partial charge is 0.489 e. The standard InChI is InChI=1S/C9H8BrNO3/c10-5-1-2-6-7(3-5)13-4-8(6)14-9(11)12/h1-3,8H,4H2,(H2,11,12)/t8-/m1/s1. The molecule has 0 spiro atoms. The van der Waals surface area contributed by atoms with Crippen LogP contribution in [-0.4, -0.2) is 12.7 Å². The van der Waals surface area contributed by atoms with Crippen molar-refractivity contribution in [2.24, 2.45) is 5.73 Å². The summed E-state index contributed by atoms with van der Waals surface area (Å²) in [5.74, 6) is 0.727. The molecule has 1 aromatic carbocycles. The van der Waals surface area contributed by atoms with Gasteiger partial charge in [-0.3, -0.25) is 0 Å². The van der Waals surface area contributed by atoms with Gasteiger partial charge < -0.3 is 15.2 Å². The van der Waals surface area contributed by atoms with Gasteiger partial charge in [0.1, 0.15) is 12.4 Å². The van der Waals surface area contributed by atoms with Gasteiger partial charge in [0, 0.05) is 10.0 Å².